The first-order valence-electron chi connectivity index (χ1n) is 9.80. The highest BCUT2D eigenvalue weighted by molar-refractivity contribution is 7.99. The van der Waals surface area contributed by atoms with Crippen molar-refractivity contribution >= 4 is 29.3 Å². The lowest BCUT2D eigenvalue weighted by Gasteiger charge is -2.16. The van der Waals surface area contributed by atoms with Crippen molar-refractivity contribution < 1.29 is 9.59 Å². The van der Waals surface area contributed by atoms with Gasteiger partial charge in [-0.05, 0) is 19.1 Å². The average Bonchev–Trinajstić information content (AvgIpc) is 3.17. The van der Waals surface area contributed by atoms with E-state index in [0.717, 1.165) is 17.0 Å². The molecule has 31 heavy (non-hydrogen) atoms. The van der Waals surface area contributed by atoms with Crippen molar-refractivity contribution in [1.29, 1.82) is 0 Å². The van der Waals surface area contributed by atoms with E-state index in [1.807, 2.05) is 66.1 Å². The number of likely N-dealkylation sites (N-methyl/N-ethyl adjacent to an activating group) is 1. The molecule has 0 aliphatic carbocycles. The van der Waals surface area contributed by atoms with E-state index >= 15 is 0 Å². The van der Waals surface area contributed by atoms with Gasteiger partial charge in [0.1, 0.15) is 0 Å². The molecule has 0 saturated carbocycles. The van der Waals surface area contributed by atoms with Gasteiger partial charge in [-0.2, -0.15) is 0 Å². The monoisotopic (exact) mass is 435 g/mol. The third-order valence-corrected chi connectivity index (χ3v) is 5.48. The number of nitrogens with one attached hydrogen (secondary N) is 1. The molecule has 0 fully saturated rings. The minimum absolute atomic E-state index is 0.0259. The smallest absolute Gasteiger partial charge is 0.243 e. The second kappa shape index (κ2) is 10.6. The fourth-order valence-corrected chi connectivity index (χ4v) is 3.76. The van der Waals surface area contributed by atoms with Gasteiger partial charge in [-0.25, -0.2) is 0 Å². The van der Waals surface area contributed by atoms with Crippen LogP contribution in [0.2, 0.25) is 0 Å². The van der Waals surface area contributed by atoms with E-state index in [2.05, 4.69) is 22.1 Å². The molecule has 1 N–H and O–H groups in total. The first kappa shape index (κ1) is 22.3. The van der Waals surface area contributed by atoms with Gasteiger partial charge < -0.3 is 10.2 Å². The van der Waals surface area contributed by atoms with Crippen LogP contribution in [-0.4, -0.2) is 50.8 Å². The molecule has 0 radical (unpaired) electrons. The van der Waals surface area contributed by atoms with Crippen LogP contribution in [0, 0.1) is 6.92 Å². The summed E-state index contributed by atoms with van der Waals surface area (Å²) in [7, 11) is 1.61. The highest BCUT2D eigenvalue weighted by Gasteiger charge is 2.17. The van der Waals surface area contributed by atoms with E-state index in [9.17, 15) is 9.59 Å². The minimum atomic E-state index is -0.245. The molecule has 0 saturated heterocycles. The van der Waals surface area contributed by atoms with Crippen molar-refractivity contribution in [3.05, 3.63) is 72.8 Å². The van der Waals surface area contributed by atoms with Gasteiger partial charge in [0.2, 0.25) is 11.8 Å². The molecule has 2 amide bonds. The number of rotatable bonds is 9. The van der Waals surface area contributed by atoms with Crippen molar-refractivity contribution in [3.8, 4) is 11.4 Å². The Kier molecular flexibility index (Phi) is 7.61. The molecule has 8 heteroatoms. The molecule has 0 aliphatic heterocycles. The van der Waals surface area contributed by atoms with Crippen LogP contribution < -0.4 is 5.32 Å². The maximum atomic E-state index is 12.5. The summed E-state index contributed by atoms with van der Waals surface area (Å²) >= 11 is 1.29. The number of anilines is 1. The van der Waals surface area contributed by atoms with Gasteiger partial charge in [0.05, 0.1) is 12.3 Å². The van der Waals surface area contributed by atoms with E-state index in [1.165, 1.54) is 16.7 Å². The third kappa shape index (κ3) is 6.05. The molecule has 0 unspecified atom stereocenters. The lowest BCUT2D eigenvalue weighted by atomic mass is 10.2. The molecular formula is C23H25N5O2S. The molecular weight excluding hydrogens is 410 g/mol. The topological polar surface area (TPSA) is 80.1 Å². The van der Waals surface area contributed by atoms with Crippen LogP contribution >= 0.6 is 11.8 Å². The molecule has 0 aliphatic rings. The predicted octanol–water partition coefficient (Wildman–Crippen LogP) is 3.63. The van der Waals surface area contributed by atoms with Crippen LogP contribution in [0.25, 0.3) is 11.4 Å². The molecule has 0 bridgehead atoms. The normalized spacial score (nSPS) is 10.5. The summed E-state index contributed by atoms with van der Waals surface area (Å²) in [5.41, 5.74) is 2.76. The maximum Gasteiger partial charge on any atom is 0.243 e. The average molecular weight is 436 g/mol. The fourth-order valence-electron chi connectivity index (χ4n) is 2.87. The van der Waals surface area contributed by atoms with E-state index in [-0.39, 0.29) is 24.1 Å². The molecule has 1 aromatic heterocycles. The zero-order chi connectivity index (χ0) is 22.2. The summed E-state index contributed by atoms with van der Waals surface area (Å²) < 4.78 is 1.92. The Labute approximate surface area is 186 Å². The standard InChI is InChI=1S/C23H25N5O2S/c1-4-14-28-22(18-8-6-5-7-9-18)25-26-23(28)31-16-21(30)27(3)15-20(29)24-19-12-10-17(2)11-13-19/h4-13H,1,14-16H2,2-3H3,(H,24,29). The van der Waals surface area contributed by atoms with Gasteiger partial charge in [-0.1, -0.05) is 65.9 Å². The van der Waals surface area contributed by atoms with Crippen molar-refractivity contribution in [3.63, 3.8) is 0 Å². The third-order valence-electron chi connectivity index (χ3n) is 4.53. The van der Waals surface area contributed by atoms with E-state index in [4.69, 9.17) is 0 Å². The van der Waals surface area contributed by atoms with Crippen LogP contribution in [0.1, 0.15) is 5.56 Å². The first-order chi connectivity index (χ1) is 15.0. The summed E-state index contributed by atoms with van der Waals surface area (Å²) in [6, 6.07) is 17.3. The summed E-state index contributed by atoms with van der Waals surface area (Å²) in [5.74, 6) is 0.462. The van der Waals surface area contributed by atoms with Crippen LogP contribution in [0.4, 0.5) is 5.69 Å². The van der Waals surface area contributed by atoms with Gasteiger partial charge in [0.15, 0.2) is 11.0 Å². The molecule has 1 heterocycles. The summed E-state index contributed by atoms with van der Waals surface area (Å²) in [4.78, 5) is 26.2. The SMILES string of the molecule is C=CCn1c(SCC(=O)N(C)CC(=O)Nc2ccc(C)cc2)nnc1-c1ccccc1. The van der Waals surface area contributed by atoms with Crippen molar-refractivity contribution in [2.24, 2.45) is 0 Å². The summed E-state index contributed by atoms with van der Waals surface area (Å²) in [5, 5.41) is 12.0. The van der Waals surface area contributed by atoms with Gasteiger partial charge in [-0.15, -0.1) is 16.8 Å². The van der Waals surface area contributed by atoms with Crippen molar-refractivity contribution in [2.45, 2.75) is 18.6 Å². The Morgan fingerprint density at radius 2 is 1.84 bits per heavy atom. The molecule has 160 valence electrons. The predicted molar refractivity (Wildman–Crippen MR) is 124 cm³/mol. The van der Waals surface area contributed by atoms with Crippen LogP contribution in [0.5, 0.6) is 0 Å². The number of carbonyl (C=O) groups excluding carboxylic acids is 2. The summed E-state index contributed by atoms with van der Waals surface area (Å²) in [6.45, 7) is 6.29. The Morgan fingerprint density at radius 3 is 2.52 bits per heavy atom. The molecule has 3 rings (SSSR count). The van der Waals surface area contributed by atoms with Crippen LogP contribution in [0.15, 0.2) is 72.4 Å². The zero-order valence-corrected chi connectivity index (χ0v) is 18.4. The van der Waals surface area contributed by atoms with Crippen molar-refractivity contribution in [2.75, 3.05) is 24.7 Å². The number of allylic oxidation sites excluding steroid dienone is 1. The van der Waals surface area contributed by atoms with Crippen LogP contribution in [-0.2, 0) is 16.1 Å². The Morgan fingerprint density at radius 1 is 1.13 bits per heavy atom. The maximum absolute atomic E-state index is 12.5. The van der Waals surface area contributed by atoms with Crippen molar-refractivity contribution in [1.82, 2.24) is 19.7 Å². The van der Waals surface area contributed by atoms with E-state index < -0.39 is 0 Å². The van der Waals surface area contributed by atoms with Gasteiger partial charge in [0, 0.05) is 24.8 Å². The molecule has 0 spiro atoms. The van der Waals surface area contributed by atoms with Crippen LogP contribution in [0.3, 0.4) is 0 Å². The molecule has 2 aromatic carbocycles. The number of benzene rings is 2. The Balaban J connectivity index is 1.58. The second-order valence-corrected chi connectivity index (χ2v) is 7.97. The van der Waals surface area contributed by atoms with E-state index in [0.29, 0.717) is 17.4 Å². The fraction of sp³-hybridized carbons (Fsp3) is 0.217. The number of nitrogens with zero attached hydrogens (tertiary/aromatic N) is 4. The second-order valence-electron chi connectivity index (χ2n) is 7.02. The van der Waals surface area contributed by atoms with E-state index in [1.54, 1.807) is 13.1 Å². The number of thioether (sulfide) groups is 1. The minimum Gasteiger partial charge on any atom is -0.336 e. The number of amides is 2. The van der Waals surface area contributed by atoms with Gasteiger partial charge in [0.25, 0.3) is 0 Å². The number of hydrogen-bond donors (Lipinski definition) is 1. The number of carbonyl (C=O) groups is 2. The Bertz CT molecular complexity index is 1050. The Hall–Kier alpha value is -3.39. The molecule has 0 atom stereocenters. The van der Waals surface area contributed by atoms with Gasteiger partial charge in [-0.3, -0.25) is 14.2 Å². The quantitative estimate of drug-likeness (QED) is 0.410. The lowest BCUT2D eigenvalue weighted by Crippen LogP contribution is -2.36. The van der Waals surface area contributed by atoms with Gasteiger partial charge >= 0.3 is 0 Å². The zero-order valence-electron chi connectivity index (χ0n) is 17.6. The highest BCUT2D eigenvalue weighted by Crippen LogP contribution is 2.24. The number of hydrogen-bond acceptors (Lipinski definition) is 5. The number of aromatic nitrogens is 3. The largest absolute Gasteiger partial charge is 0.336 e. The lowest BCUT2D eigenvalue weighted by molar-refractivity contribution is -0.131. The molecule has 7 nitrogen and oxygen atoms in total. The first-order valence-corrected chi connectivity index (χ1v) is 10.8. The number of aryl methyl sites for hydroxylation is 1. The molecule has 3 aromatic rings. The highest BCUT2D eigenvalue weighted by atomic mass is 32.2. The summed E-state index contributed by atoms with van der Waals surface area (Å²) in [6.07, 6.45) is 1.77.